The molecule has 1 fully saturated rings. The third-order valence-corrected chi connectivity index (χ3v) is 4.33. The molecule has 0 aromatic heterocycles. The Morgan fingerprint density at radius 1 is 1.50 bits per heavy atom. The predicted molar refractivity (Wildman–Crippen MR) is 92.0 cm³/mol. The van der Waals surface area contributed by atoms with Crippen molar-refractivity contribution in [3.05, 3.63) is 28.8 Å². The second-order valence-electron chi connectivity index (χ2n) is 5.48. The molecule has 1 aromatic rings. The average molecular weight is 347 g/mol. The molecule has 1 aliphatic rings. The summed E-state index contributed by atoms with van der Waals surface area (Å²) in [6.45, 7) is 3.89. The van der Waals surface area contributed by atoms with Crippen molar-refractivity contribution < 1.29 is 9.53 Å². The number of aryl methyl sites for hydroxylation is 1. The summed E-state index contributed by atoms with van der Waals surface area (Å²) in [6.07, 6.45) is 3.33. The third-order valence-electron chi connectivity index (χ3n) is 3.90. The van der Waals surface area contributed by atoms with E-state index in [0.29, 0.717) is 26.0 Å². The molecule has 1 saturated heterocycles. The van der Waals surface area contributed by atoms with Gasteiger partial charge in [-0.2, -0.15) is 0 Å². The van der Waals surface area contributed by atoms with E-state index in [4.69, 9.17) is 22.1 Å². The van der Waals surface area contributed by atoms with Crippen molar-refractivity contribution in [3.8, 4) is 5.75 Å². The number of carbonyl (C=O) groups excluding carboxylic acids is 1. The van der Waals surface area contributed by atoms with E-state index in [1.807, 2.05) is 30.0 Å². The molecule has 0 bridgehead atoms. The number of ether oxygens (including phenoxy) is 1. The molecule has 1 atom stereocenters. The molecular formula is C16H24Cl2N2O2. The summed E-state index contributed by atoms with van der Waals surface area (Å²) in [5.41, 5.74) is 6.68. The van der Waals surface area contributed by atoms with Gasteiger partial charge in [0.15, 0.2) is 0 Å². The molecule has 0 saturated carbocycles. The number of likely N-dealkylation sites (tertiary alicyclic amines) is 1. The Hall–Kier alpha value is -0.970. The number of hydrogen-bond donors (Lipinski definition) is 1. The summed E-state index contributed by atoms with van der Waals surface area (Å²) in [5.74, 6) is 0.990. The minimum Gasteiger partial charge on any atom is -0.494 e. The minimum absolute atomic E-state index is 0. The number of benzene rings is 1. The highest BCUT2D eigenvalue weighted by Crippen LogP contribution is 2.21. The average Bonchev–Trinajstić information content (AvgIpc) is 2.95. The van der Waals surface area contributed by atoms with E-state index in [2.05, 4.69) is 0 Å². The number of nitrogens with two attached hydrogens (primary N) is 1. The Balaban J connectivity index is 0.00000242. The normalized spacial score (nSPS) is 17.2. The van der Waals surface area contributed by atoms with Crippen LogP contribution in [0, 0.1) is 6.92 Å². The van der Waals surface area contributed by atoms with Crippen molar-refractivity contribution in [1.29, 1.82) is 0 Å². The molecule has 1 aromatic carbocycles. The van der Waals surface area contributed by atoms with Crippen LogP contribution in [-0.4, -0.2) is 36.5 Å². The van der Waals surface area contributed by atoms with Gasteiger partial charge in [0.1, 0.15) is 5.75 Å². The second-order valence-corrected chi connectivity index (χ2v) is 5.89. The summed E-state index contributed by atoms with van der Waals surface area (Å²) in [6, 6.07) is 5.82. The lowest BCUT2D eigenvalue weighted by molar-refractivity contribution is -0.132. The molecule has 2 rings (SSSR count). The molecule has 4 nitrogen and oxygen atoms in total. The van der Waals surface area contributed by atoms with Gasteiger partial charge in [0, 0.05) is 30.6 Å². The molecule has 2 N–H and O–H groups in total. The number of halogens is 2. The van der Waals surface area contributed by atoms with Gasteiger partial charge in [0.25, 0.3) is 0 Å². The maximum atomic E-state index is 12.1. The highest BCUT2D eigenvalue weighted by Gasteiger charge is 2.26. The Kier molecular flexibility index (Phi) is 8.01. The Bertz CT molecular complexity index is 497. The van der Waals surface area contributed by atoms with Crippen molar-refractivity contribution >= 4 is 29.9 Å². The number of nitrogens with zero attached hydrogens (tertiary/aromatic N) is 1. The van der Waals surface area contributed by atoms with Crippen molar-refractivity contribution in [3.63, 3.8) is 0 Å². The van der Waals surface area contributed by atoms with Gasteiger partial charge < -0.3 is 15.4 Å². The topological polar surface area (TPSA) is 55.6 Å². The van der Waals surface area contributed by atoms with E-state index in [1.54, 1.807) is 0 Å². The Labute approximate surface area is 143 Å². The smallest absolute Gasteiger partial charge is 0.222 e. The first-order valence-electron chi connectivity index (χ1n) is 7.50. The Morgan fingerprint density at radius 2 is 2.27 bits per heavy atom. The minimum atomic E-state index is 0. The summed E-state index contributed by atoms with van der Waals surface area (Å²) in [4.78, 5) is 14.0. The van der Waals surface area contributed by atoms with E-state index < -0.39 is 0 Å². The molecule has 22 heavy (non-hydrogen) atoms. The first-order chi connectivity index (χ1) is 10.1. The van der Waals surface area contributed by atoms with E-state index in [-0.39, 0.29) is 24.4 Å². The lowest BCUT2D eigenvalue weighted by Crippen LogP contribution is -2.39. The molecule has 1 amide bonds. The summed E-state index contributed by atoms with van der Waals surface area (Å²) in [5, 5.41) is 0.736. The standard InChI is InChI=1S/C16H23ClN2O2.ClH/c1-12-10-14(6-7-15(12)17)21-9-3-5-16(20)19-8-2-4-13(19)11-18;/h6-7,10,13H,2-5,8-9,11,18H2,1H3;1H. The van der Waals surface area contributed by atoms with Crippen molar-refractivity contribution in [2.75, 3.05) is 19.7 Å². The van der Waals surface area contributed by atoms with E-state index in [0.717, 1.165) is 35.7 Å². The van der Waals surface area contributed by atoms with Crippen LogP contribution >= 0.6 is 24.0 Å². The van der Waals surface area contributed by atoms with Crippen molar-refractivity contribution in [2.45, 2.75) is 38.6 Å². The van der Waals surface area contributed by atoms with Gasteiger partial charge in [0.2, 0.25) is 5.91 Å². The maximum absolute atomic E-state index is 12.1. The molecule has 124 valence electrons. The van der Waals surface area contributed by atoms with Gasteiger partial charge in [-0.25, -0.2) is 0 Å². The second kappa shape index (κ2) is 9.23. The van der Waals surface area contributed by atoms with Gasteiger partial charge in [-0.15, -0.1) is 12.4 Å². The summed E-state index contributed by atoms with van der Waals surface area (Å²) >= 11 is 5.97. The lowest BCUT2D eigenvalue weighted by Gasteiger charge is -2.23. The fraction of sp³-hybridized carbons (Fsp3) is 0.562. The number of hydrogen-bond acceptors (Lipinski definition) is 3. The molecule has 0 radical (unpaired) electrons. The SMILES string of the molecule is Cc1cc(OCCCC(=O)N2CCCC2CN)ccc1Cl.Cl. The van der Waals surface area contributed by atoms with Crippen LogP contribution in [0.2, 0.25) is 5.02 Å². The summed E-state index contributed by atoms with van der Waals surface area (Å²) in [7, 11) is 0. The first kappa shape index (κ1) is 19.1. The summed E-state index contributed by atoms with van der Waals surface area (Å²) < 4.78 is 5.65. The van der Waals surface area contributed by atoms with Crippen LogP contribution in [0.5, 0.6) is 5.75 Å². The molecule has 1 heterocycles. The van der Waals surface area contributed by atoms with Crippen molar-refractivity contribution in [1.82, 2.24) is 4.90 Å². The molecule has 6 heteroatoms. The van der Waals surface area contributed by atoms with Crippen LogP contribution in [0.4, 0.5) is 0 Å². The van der Waals surface area contributed by atoms with Gasteiger partial charge in [-0.1, -0.05) is 11.6 Å². The fourth-order valence-electron chi connectivity index (χ4n) is 2.67. The van der Waals surface area contributed by atoms with Gasteiger partial charge in [-0.3, -0.25) is 4.79 Å². The molecule has 1 aliphatic heterocycles. The first-order valence-corrected chi connectivity index (χ1v) is 7.88. The van der Waals surface area contributed by atoms with Crippen LogP contribution in [0.15, 0.2) is 18.2 Å². The quantitative estimate of drug-likeness (QED) is 0.804. The van der Waals surface area contributed by atoms with Crippen LogP contribution < -0.4 is 10.5 Å². The van der Waals surface area contributed by atoms with Crippen LogP contribution in [0.3, 0.4) is 0 Å². The number of amides is 1. The zero-order valence-electron chi connectivity index (χ0n) is 12.9. The van der Waals surface area contributed by atoms with Crippen LogP contribution in [0.1, 0.15) is 31.2 Å². The number of carbonyl (C=O) groups is 1. The molecular weight excluding hydrogens is 323 g/mol. The molecule has 1 unspecified atom stereocenters. The van der Waals surface area contributed by atoms with Crippen LogP contribution in [-0.2, 0) is 4.79 Å². The zero-order chi connectivity index (χ0) is 15.2. The van der Waals surface area contributed by atoms with Crippen LogP contribution in [0.25, 0.3) is 0 Å². The third kappa shape index (κ3) is 5.04. The molecule has 0 spiro atoms. The van der Waals surface area contributed by atoms with E-state index in [9.17, 15) is 4.79 Å². The zero-order valence-corrected chi connectivity index (χ0v) is 14.5. The van der Waals surface area contributed by atoms with E-state index in [1.165, 1.54) is 0 Å². The van der Waals surface area contributed by atoms with Gasteiger partial charge >= 0.3 is 0 Å². The van der Waals surface area contributed by atoms with E-state index >= 15 is 0 Å². The largest absolute Gasteiger partial charge is 0.494 e. The van der Waals surface area contributed by atoms with Gasteiger partial charge in [-0.05, 0) is 49.9 Å². The van der Waals surface area contributed by atoms with Crippen molar-refractivity contribution in [2.24, 2.45) is 5.73 Å². The van der Waals surface area contributed by atoms with Gasteiger partial charge in [0.05, 0.1) is 6.61 Å². The maximum Gasteiger partial charge on any atom is 0.222 e. The monoisotopic (exact) mass is 346 g/mol. The highest BCUT2D eigenvalue weighted by molar-refractivity contribution is 6.31. The fourth-order valence-corrected chi connectivity index (χ4v) is 2.79. The predicted octanol–water partition coefficient (Wildman–Crippen LogP) is 3.18. The highest BCUT2D eigenvalue weighted by atomic mass is 35.5. The number of rotatable bonds is 6. The molecule has 0 aliphatic carbocycles. The Morgan fingerprint density at radius 3 is 2.95 bits per heavy atom. The lowest BCUT2D eigenvalue weighted by atomic mass is 10.2.